The highest BCUT2D eigenvalue weighted by Gasteiger charge is 2.21. The molecule has 9 heteroatoms. The van der Waals surface area contributed by atoms with Crippen molar-refractivity contribution >= 4 is 11.9 Å². The number of hydrazine groups is 1. The van der Waals surface area contributed by atoms with Gasteiger partial charge in [0.2, 0.25) is 6.33 Å². The van der Waals surface area contributed by atoms with Crippen molar-refractivity contribution in [2.24, 2.45) is 5.84 Å². The van der Waals surface area contributed by atoms with Crippen LogP contribution in [0.2, 0.25) is 0 Å². The Labute approximate surface area is 78.0 Å². The van der Waals surface area contributed by atoms with Crippen LogP contribution in [-0.4, -0.2) is 25.6 Å². The molecule has 1 amide bonds. The molecule has 1 heterocycles. The molecule has 1 aromatic heterocycles. The van der Waals surface area contributed by atoms with E-state index in [2.05, 4.69) is 10.1 Å². The van der Waals surface area contributed by atoms with Crippen LogP contribution in [0.5, 0.6) is 0 Å². The van der Waals surface area contributed by atoms with Crippen molar-refractivity contribution in [3.8, 4) is 0 Å². The van der Waals surface area contributed by atoms with E-state index in [4.69, 9.17) is 5.84 Å². The third-order valence-corrected chi connectivity index (χ3v) is 1.58. The molecule has 1 rings (SSSR count). The molecule has 1 atom stereocenters. The molecule has 0 saturated carbocycles. The van der Waals surface area contributed by atoms with Gasteiger partial charge < -0.3 is 10.1 Å². The van der Waals surface area contributed by atoms with Gasteiger partial charge >= 0.3 is 5.95 Å². The van der Waals surface area contributed by atoms with Gasteiger partial charge in [-0.25, -0.2) is 5.84 Å². The summed E-state index contributed by atoms with van der Waals surface area (Å²) >= 11 is 0. The number of amides is 1. The zero-order valence-corrected chi connectivity index (χ0v) is 7.25. The van der Waals surface area contributed by atoms with Crippen LogP contribution in [0.1, 0.15) is 13.0 Å². The Hall–Kier alpha value is -2.03. The molecule has 0 aliphatic heterocycles. The van der Waals surface area contributed by atoms with Gasteiger partial charge in [-0.2, -0.15) is 4.68 Å². The number of nitro groups is 1. The fourth-order valence-corrected chi connectivity index (χ4v) is 0.777. The summed E-state index contributed by atoms with van der Waals surface area (Å²) in [5, 5.41) is 13.7. The number of aromatic nitrogens is 3. The molecule has 1 aromatic rings. The number of nitrogens with zero attached hydrogens (tertiary/aromatic N) is 4. The number of hydrogen-bond donors (Lipinski definition) is 2. The third kappa shape index (κ3) is 1.82. The smallest absolute Gasteiger partial charge is 0.390 e. The maximum absolute atomic E-state index is 11.0. The average molecular weight is 200 g/mol. The number of carbonyl (C=O) groups is 1. The van der Waals surface area contributed by atoms with E-state index < -0.39 is 22.8 Å². The summed E-state index contributed by atoms with van der Waals surface area (Å²) in [6, 6.07) is -0.735. The lowest BCUT2D eigenvalue weighted by molar-refractivity contribution is -0.394. The molecule has 14 heavy (non-hydrogen) atoms. The molecule has 0 aliphatic carbocycles. The Morgan fingerprint density at radius 3 is 2.93 bits per heavy atom. The Morgan fingerprint density at radius 1 is 1.86 bits per heavy atom. The van der Waals surface area contributed by atoms with Crippen LogP contribution in [-0.2, 0) is 4.79 Å². The van der Waals surface area contributed by atoms with Crippen LogP contribution >= 0.6 is 0 Å². The SMILES string of the molecule is CC(C(=O)NN)n1cnc([N+](=O)[O-])n1. The van der Waals surface area contributed by atoms with Crippen LogP contribution < -0.4 is 11.3 Å². The van der Waals surface area contributed by atoms with Gasteiger partial charge in [-0.05, 0) is 11.8 Å². The molecule has 0 aromatic carbocycles. The van der Waals surface area contributed by atoms with Gasteiger partial charge in [-0.15, -0.1) is 0 Å². The molecule has 0 spiro atoms. The first-order valence-electron chi connectivity index (χ1n) is 3.62. The van der Waals surface area contributed by atoms with E-state index in [1.54, 1.807) is 0 Å². The predicted octanol–water partition coefficient (Wildman–Crippen LogP) is -1.26. The van der Waals surface area contributed by atoms with E-state index in [9.17, 15) is 14.9 Å². The first-order valence-corrected chi connectivity index (χ1v) is 3.62. The fraction of sp³-hybridized carbons (Fsp3) is 0.400. The lowest BCUT2D eigenvalue weighted by Gasteiger charge is -2.04. The molecule has 3 N–H and O–H groups in total. The highest BCUT2D eigenvalue weighted by molar-refractivity contribution is 5.79. The van der Waals surface area contributed by atoms with E-state index in [0.717, 1.165) is 11.0 Å². The fourth-order valence-electron chi connectivity index (χ4n) is 0.777. The number of nitrogens with one attached hydrogen (secondary N) is 1. The highest BCUT2D eigenvalue weighted by atomic mass is 16.6. The standard InChI is InChI=1S/C5H8N6O3/c1-3(4(12)8-6)10-2-7-5(9-10)11(13)14/h2-3H,6H2,1H3,(H,8,12). The van der Waals surface area contributed by atoms with E-state index in [1.807, 2.05) is 5.43 Å². The molecule has 0 bridgehead atoms. The number of carbonyl (C=O) groups excluding carboxylic acids is 1. The summed E-state index contributed by atoms with van der Waals surface area (Å²) < 4.78 is 1.06. The van der Waals surface area contributed by atoms with Gasteiger partial charge in [0.25, 0.3) is 5.91 Å². The summed E-state index contributed by atoms with van der Waals surface area (Å²) in [6.07, 6.45) is 1.10. The van der Waals surface area contributed by atoms with Gasteiger partial charge in [-0.3, -0.25) is 10.2 Å². The van der Waals surface area contributed by atoms with Crippen molar-refractivity contribution < 1.29 is 9.72 Å². The molecule has 0 fully saturated rings. The van der Waals surface area contributed by atoms with Crippen LogP contribution in [0.15, 0.2) is 6.33 Å². The maximum Gasteiger partial charge on any atom is 0.490 e. The summed E-state index contributed by atoms with van der Waals surface area (Å²) in [6.45, 7) is 1.49. The van der Waals surface area contributed by atoms with Crippen molar-refractivity contribution in [3.05, 3.63) is 16.4 Å². The molecule has 0 aliphatic rings. The zero-order chi connectivity index (χ0) is 10.7. The number of hydrogen-bond acceptors (Lipinski definition) is 6. The molecule has 0 saturated heterocycles. The highest BCUT2D eigenvalue weighted by Crippen LogP contribution is 2.06. The summed E-state index contributed by atoms with van der Waals surface area (Å²) in [7, 11) is 0. The van der Waals surface area contributed by atoms with Gasteiger partial charge in [0.05, 0.1) is 0 Å². The van der Waals surface area contributed by atoms with Crippen LogP contribution in [0.25, 0.3) is 0 Å². The second-order valence-corrected chi connectivity index (χ2v) is 2.47. The van der Waals surface area contributed by atoms with Gasteiger partial charge in [0, 0.05) is 5.10 Å². The second-order valence-electron chi connectivity index (χ2n) is 2.47. The quantitative estimate of drug-likeness (QED) is 0.271. The van der Waals surface area contributed by atoms with Crippen molar-refractivity contribution in [1.29, 1.82) is 0 Å². The molecular weight excluding hydrogens is 192 g/mol. The van der Waals surface area contributed by atoms with Gasteiger partial charge in [0.1, 0.15) is 6.04 Å². The first kappa shape index (κ1) is 10.1. The average Bonchev–Trinajstić information content (AvgIpc) is 2.64. The topological polar surface area (TPSA) is 129 Å². The van der Waals surface area contributed by atoms with Crippen molar-refractivity contribution in [2.75, 3.05) is 0 Å². The maximum atomic E-state index is 11.0. The van der Waals surface area contributed by atoms with Crippen molar-refractivity contribution in [2.45, 2.75) is 13.0 Å². The molecule has 9 nitrogen and oxygen atoms in total. The molecule has 76 valence electrons. The van der Waals surface area contributed by atoms with Crippen molar-refractivity contribution in [1.82, 2.24) is 20.2 Å². The largest absolute Gasteiger partial charge is 0.490 e. The van der Waals surface area contributed by atoms with E-state index >= 15 is 0 Å². The van der Waals surface area contributed by atoms with Crippen LogP contribution in [0, 0.1) is 10.1 Å². The van der Waals surface area contributed by atoms with E-state index in [0.29, 0.717) is 0 Å². The van der Waals surface area contributed by atoms with Crippen molar-refractivity contribution in [3.63, 3.8) is 0 Å². The lowest BCUT2D eigenvalue weighted by Crippen LogP contribution is -2.36. The Balaban J connectivity index is 2.86. The minimum Gasteiger partial charge on any atom is -0.390 e. The van der Waals surface area contributed by atoms with Crippen LogP contribution in [0.4, 0.5) is 5.95 Å². The number of nitrogens with two attached hydrogens (primary N) is 1. The Kier molecular flexibility index (Phi) is 2.72. The third-order valence-electron chi connectivity index (χ3n) is 1.58. The van der Waals surface area contributed by atoms with Gasteiger partial charge in [0.15, 0.2) is 0 Å². The Bertz CT molecular complexity index is 360. The number of rotatable bonds is 3. The summed E-state index contributed by atoms with van der Waals surface area (Å²) in [5.41, 5.74) is 1.90. The van der Waals surface area contributed by atoms with Crippen LogP contribution in [0.3, 0.4) is 0 Å². The normalized spacial score (nSPS) is 12.1. The molecule has 0 radical (unpaired) electrons. The summed E-state index contributed by atoms with van der Waals surface area (Å²) in [5.74, 6) is 3.82. The van der Waals surface area contributed by atoms with Gasteiger partial charge in [-0.1, -0.05) is 4.98 Å². The van der Waals surface area contributed by atoms with E-state index in [1.165, 1.54) is 6.92 Å². The lowest BCUT2D eigenvalue weighted by atomic mass is 10.3. The Morgan fingerprint density at radius 2 is 2.50 bits per heavy atom. The second kappa shape index (κ2) is 3.79. The predicted molar refractivity (Wildman–Crippen MR) is 43.7 cm³/mol. The monoisotopic (exact) mass is 200 g/mol. The molecule has 1 unspecified atom stereocenters. The first-order chi connectivity index (χ1) is 6.56. The zero-order valence-electron chi connectivity index (χ0n) is 7.25. The molecular formula is C5H8N6O3. The minimum absolute atomic E-state index is 0.509. The summed E-state index contributed by atoms with van der Waals surface area (Å²) in [4.78, 5) is 23.9. The van der Waals surface area contributed by atoms with E-state index in [-0.39, 0.29) is 0 Å². The minimum atomic E-state index is -0.746.